The third-order valence-electron chi connectivity index (χ3n) is 2.62. The topological polar surface area (TPSA) is 41.6 Å². The molecule has 0 aromatic heterocycles. The average Bonchev–Trinajstić information content (AvgIpc) is 2.35. The van der Waals surface area contributed by atoms with Gasteiger partial charge in [-0.3, -0.25) is 4.79 Å². The zero-order valence-electron chi connectivity index (χ0n) is 10.9. The predicted molar refractivity (Wildman–Crippen MR) is 69.2 cm³/mol. The molecule has 0 fully saturated rings. The molecule has 4 nitrogen and oxygen atoms in total. The quantitative estimate of drug-likeness (QED) is 0.779. The summed E-state index contributed by atoms with van der Waals surface area (Å²) in [5.74, 6) is -0.597. The number of hydrogen-bond donors (Lipinski definition) is 1. The molecule has 1 aromatic rings. The summed E-state index contributed by atoms with van der Waals surface area (Å²) in [5.41, 5.74) is 0.722. The number of benzene rings is 1. The van der Waals surface area contributed by atoms with Gasteiger partial charge in [-0.25, -0.2) is 4.39 Å². The van der Waals surface area contributed by atoms with Crippen LogP contribution in [0.5, 0.6) is 0 Å². The third-order valence-corrected chi connectivity index (χ3v) is 2.62. The number of carbonyl (C=O) groups excluding carboxylic acids is 1. The first kappa shape index (κ1) is 14.4. The van der Waals surface area contributed by atoms with E-state index in [-0.39, 0.29) is 11.8 Å². The lowest BCUT2D eigenvalue weighted by Gasteiger charge is -2.24. The largest absolute Gasteiger partial charge is 0.465 e. The summed E-state index contributed by atoms with van der Waals surface area (Å²) in [7, 11) is 3.50. The highest BCUT2D eigenvalue weighted by Crippen LogP contribution is 2.14. The number of carbonyl (C=O) groups is 1. The van der Waals surface area contributed by atoms with Gasteiger partial charge in [-0.05, 0) is 32.2 Å². The third kappa shape index (κ3) is 4.00. The number of ether oxygens (including phenoxy) is 1. The molecule has 0 aliphatic heterocycles. The number of halogens is 1. The van der Waals surface area contributed by atoms with Gasteiger partial charge in [0.25, 0.3) is 0 Å². The van der Waals surface area contributed by atoms with Crippen molar-refractivity contribution in [3.8, 4) is 0 Å². The number of nitrogens with one attached hydrogen (secondary N) is 1. The Morgan fingerprint density at radius 2 is 2.28 bits per heavy atom. The van der Waals surface area contributed by atoms with Crippen molar-refractivity contribution < 1.29 is 13.9 Å². The Morgan fingerprint density at radius 1 is 1.56 bits per heavy atom. The van der Waals surface area contributed by atoms with E-state index in [0.717, 1.165) is 5.69 Å². The standard InChI is InChI=1S/C13H19FN2O2/c1-4-18-13(17)12(15-2)9-16(3)11-7-5-6-10(14)8-11/h5-8,12,15H,4,9H2,1-3H3. The molecule has 1 rings (SSSR count). The fourth-order valence-electron chi connectivity index (χ4n) is 1.62. The van der Waals surface area contributed by atoms with Gasteiger partial charge < -0.3 is 15.0 Å². The zero-order chi connectivity index (χ0) is 13.5. The highest BCUT2D eigenvalue weighted by molar-refractivity contribution is 5.76. The minimum atomic E-state index is -0.432. The Morgan fingerprint density at radius 3 is 2.83 bits per heavy atom. The number of hydrogen-bond acceptors (Lipinski definition) is 4. The summed E-state index contributed by atoms with van der Waals surface area (Å²) in [6.45, 7) is 2.53. The minimum Gasteiger partial charge on any atom is -0.465 e. The lowest BCUT2D eigenvalue weighted by molar-refractivity contribution is -0.145. The van der Waals surface area contributed by atoms with Crippen LogP contribution in [0, 0.1) is 5.82 Å². The van der Waals surface area contributed by atoms with Crippen LogP contribution in [0.15, 0.2) is 24.3 Å². The second kappa shape index (κ2) is 6.96. The molecule has 1 N–H and O–H groups in total. The second-order valence-corrected chi connectivity index (χ2v) is 3.95. The smallest absolute Gasteiger partial charge is 0.324 e. The molecule has 0 heterocycles. The summed E-state index contributed by atoms with van der Waals surface area (Å²) in [6, 6.07) is 5.81. The van der Waals surface area contributed by atoms with Crippen LogP contribution >= 0.6 is 0 Å². The molecule has 100 valence electrons. The number of esters is 1. The fourth-order valence-corrected chi connectivity index (χ4v) is 1.62. The van der Waals surface area contributed by atoms with E-state index in [2.05, 4.69) is 5.32 Å². The molecule has 1 atom stereocenters. The van der Waals surface area contributed by atoms with Crippen LogP contribution < -0.4 is 10.2 Å². The van der Waals surface area contributed by atoms with E-state index in [4.69, 9.17) is 4.74 Å². The van der Waals surface area contributed by atoms with Crippen LogP contribution in [0.1, 0.15) is 6.92 Å². The minimum absolute atomic E-state index is 0.295. The van der Waals surface area contributed by atoms with Crippen LogP contribution in [0.4, 0.5) is 10.1 Å². The van der Waals surface area contributed by atoms with Crippen LogP contribution in [0.3, 0.4) is 0 Å². The van der Waals surface area contributed by atoms with E-state index in [1.807, 2.05) is 0 Å². The normalized spacial score (nSPS) is 12.0. The van der Waals surface area contributed by atoms with Crippen molar-refractivity contribution in [3.05, 3.63) is 30.1 Å². The van der Waals surface area contributed by atoms with Crippen LogP contribution in [0.25, 0.3) is 0 Å². The highest BCUT2D eigenvalue weighted by Gasteiger charge is 2.19. The highest BCUT2D eigenvalue weighted by atomic mass is 19.1. The number of rotatable bonds is 6. The molecule has 0 bridgehead atoms. The van der Waals surface area contributed by atoms with Crippen LogP contribution in [-0.4, -0.2) is 39.3 Å². The molecular weight excluding hydrogens is 235 g/mol. The molecule has 0 spiro atoms. The van der Waals surface area contributed by atoms with Crippen molar-refractivity contribution in [3.63, 3.8) is 0 Å². The van der Waals surface area contributed by atoms with Gasteiger partial charge in [0, 0.05) is 19.3 Å². The molecule has 1 unspecified atom stereocenters. The van der Waals surface area contributed by atoms with Gasteiger partial charge in [0.05, 0.1) is 6.61 Å². The Hall–Kier alpha value is -1.62. The lowest BCUT2D eigenvalue weighted by Crippen LogP contribution is -2.44. The van der Waals surface area contributed by atoms with E-state index < -0.39 is 6.04 Å². The molecule has 18 heavy (non-hydrogen) atoms. The van der Waals surface area contributed by atoms with E-state index in [1.54, 1.807) is 38.1 Å². The van der Waals surface area contributed by atoms with Gasteiger partial charge >= 0.3 is 5.97 Å². The molecule has 0 aliphatic carbocycles. The first-order valence-corrected chi connectivity index (χ1v) is 5.89. The summed E-state index contributed by atoms with van der Waals surface area (Å²) in [6.07, 6.45) is 0. The molecular formula is C13H19FN2O2. The molecule has 0 amide bonds. The molecule has 0 saturated heterocycles. The van der Waals surface area contributed by atoms with Crippen molar-refractivity contribution >= 4 is 11.7 Å². The van der Waals surface area contributed by atoms with Crippen molar-refractivity contribution in [2.75, 3.05) is 32.1 Å². The molecule has 0 aliphatic rings. The maximum absolute atomic E-state index is 13.1. The van der Waals surface area contributed by atoms with Gasteiger partial charge in [0.1, 0.15) is 11.9 Å². The van der Waals surface area contributed by atoms with E-state index >= 15 is 0 Å². The summed E-state index contributed by atoms with van der Waals surface area (Å²) in [5, 5.41) is 2.89. The summed E-state index contributed by atoms with van der Waals surface area (Å²) in [4.78, 5) is 13.4. The van der Waals surface area contributed by atoms with Gasteiger partial charge in [0.2, 0.25) is 0 Å². The molecule has 1 aromatic carbocycles. The monoisotopic (exact) mass is 254 g/mol. The lowest BCUT2D eigenvalue weighted by atomic mass is 10.2. The number of likely N-dealkylation sites (N-methyl/N-ethyl adjacent to an activating group) is 2. The Kier molecular flexibility index (Phi) is 5.58. The van der Waals surface area contributed by atoms with Gasteiger partial charge in [-0.15, -0.1) is 0 Å². The second-order valence-electron chi connectivity index (χ2n) is 3.95. The van der Waals surface area contributed by atoms with Crippen molar-refractivity contribution in [1.29, 1.82) is 0 Å². The van der Waals surface area contributed by atoms with Gasteiger partial charge in [-0.2, -0.15) is 0 Å². The molecule has 0 saturated carbocycles. The first-order valence-electron chi connectivity index (χ1n) is 5.89. The van der Waals surface area contributed by atoms with Crippen LogP contribution in [-0.2, 0) is 9.53 Å². The maximum atomic E-state index is 13.1. The molecule has 0 radical (unpaired) electrons. The zero-order valence-corrected chi connectivity index (χ0v) is 10.9. The van der Waals surface area contributed by atoms with Gasteiger partial charge in [-0.1, -0.05) is 6.07 Å². The molecule has 5 heteroatoms. The van der Waals surface area contributed by atoms with Crippen molar-refractivity contribution in [1.82, 2.24) is 5.32 Å². The number of anilines is 1. The van der Waals surface area contributed by atoms with E-state index in [0.29, 0.717) is 13.2 Å². The summed E-state index contributed by atoms with van der Waals surface area (Å²) < 4.78 is 18.0. The van der Waals surface area contributed by atoms with Crippen molar-refractivity contribution in [2.45, 2.75) is 13.0 Å². The first-order chi connectivity index (χ1) is 8.58. The Labute approximate surface area is 107 Å². The predicted octanol–water partition coefficient (Wildman–Crippen LogP) is 1.41. The van der Waals surface area contributed by atoms with Crippen LogP contribution in [0.2, 0.25) is 0 Å². The Balaban J connectivity index is 2.67. The summed E-state index contributed by atoms with van der Waals surface area (Å²) >= 11 is 0. The SMILES string of the molecule is CCOC(=O)C(CN(C)c1cccc(F)c1)NC. The van der Waals surface area contributed by atoms with Gasteiger partial charge in [0.15, 0.2) is 0 Å². The van der Waals surface area contributed by atoms with Crippen molar-refractivity contribution in [2.24, 2.45) is 0 Å². The van der Waals surface area contributed by atoms with E-state index in [1.165, 1.54) is 12.1 Å². The fraction of sp³-hybridized carbons (Fsp3) is 0.462. The average molecular weight is 254 g/mol. The number of nitrogens with zero attached hydrogens (tertiary/aromatic N) is 1. The Bertz CT molecular complexity index is 398. The maximum Gasteiger partial charge on any atom is 0.324 e. The van der Waals surface area contributed by atoms with E-state index in [9.17, 15) is 9.18 Å².